The van der Waals surface area contributed by atoms with E-state index in [1.807, 2.05) is 35.7 Å². The third-order valence-electron chi connectivity index (χ3n) is 2.62. The van der Waals surface area contributed by atoms with E-state index in [1.165, 1.54) is 9.89 Å². The van der Waals surface area contributed by atoms with E-state index in [0.717, 1.165) is 12.0 Å². The molecule has 2 aromatic rings. The molecule has 0 unspecified atom stereocenters. The zero-order chi connectivity index (χ0) is 12.8. The number of thiophene rings is 1. The third-order valence-corrected chi connectivity index (χ3v) is 3.93. The molecular formula is C13H13ClN2OS. The summed E-state index contributed by atoms with van der Waals surface area (Å²) in [4.78, 5) is 12.1. The van der Waals surface area contributed by atoms with Crippen LogP contribution >= 0.6 is 22.9 Å². The van der Waals surface area contributed by atoms with Gasteiger partial charge in [0.15, 0.2) is 0 Å². The van der Waals surface area contributed by atoms with Crippen molar-refractivity contribution in [3.63, 3.8) is 0 Å². The lowest BCUT2D eigenvalue weighted by Gasteiger charge is -2.15. The van der Waals surface area contributed by atoms with E-state index in [-0.39, 0.29) is 0 Å². The minimum absolute atomic E-state index is 0.453. The van der Waals surface area contributed by atoms with Crippen LogP contribution in [0.3, 0.4) is 0 Å². The summed E-state index contributed by atoms with van der Waals surface area (Å²) in [6.07, 6.45) is 0.827. The minimum Gasteiger partial charge on any atom is -0.256 e. The Bertz CT molecular complexity index is 501. The molecule has 0 aliphatic rings. The van der Waals surface area contributed by atoms with Gasteiger partial charge in [-0.3, -0.25) is 5.01 Å². The minimum atomic E-state index is 0.453. The first-order valence-electron chi connectivity index (χ1n) is 5.63. The van der Waals surface area contributed by atoms with E-state index >= 15 is 0 Å². The van der Waals surface area contributed by atoms with Crippen LogP contribution in [-0.2, 0) is 13.0 Å². The van der Waals surface area contributed by atoms with Gasteiger partial charge in [-0.2, -0.15) is 0 Å². The molecule has 0 aliphatic carbocycles. The van der Waals surface area contributed by atoms with Gasteiger partial charge in [0, 0.05) is 22.9 Å². The fraction of sp³-hybridized carbons (Fsp3) is 0.231. The van der Waals surface area contributed by atoms with E-state index in [4.69, 9.17) is 11.6 Å². The lowest BCUT2D eigenvalue weighted by Crippen LogP contribution is -2.19. The summed E-state index contributed by atoms with van der Waals surface area (Å²) >= 11 is 7.75. The van der Waals surface area contributed by atoms with Crippen LogP contribution in [0.2, 0.25) is 5.02 Å². The van der Waals surface area contributed by atoms with Crippen LogP contribution < -0.4 is 0 Å². The Kier molecular flexibility index (Phi) is 4.73. The van der Waals surface area contributed by atoms with Crippen LogP contribution in [-0.4, -0.2) is 11.6 Å². The fourth-order valence-corrected chi connectivity index (χ4v) is 2.56. The molecule has 3 nitrogen and oxygen atoms in total. The van der Waals surface area contributed by atoms with Crippen molar-refractivity contribution in [1.29, 1.82) is 0 Å². The number of hydrogen-bond donors (Lipinski definition) is 0. The average molecular weight is 281 g/mol. The monoisotopic (exact) mass is 280 g/mol. The summed E-state index contributed by atoms with van der Waals surface area (Å²) in [5.74, 6) is 0. The van der Waals surface area contributed by atoms with Crippen LogP contribution in [0, 0.1) is 4.91 Å². The average Bonchev–Trinajstić information content (AvgIpc) is 2.90. The summed E-state index contributed by atoms with van der Waals surface area (Å²) in [7, 11) is 0. The Morgan fingerprint density at radius 1 is 1.22 bits per heavy atom. The molecular weight excluding hydrogens is 268 g/mol. The van der Waals surface area contributed by atoms with Crippen molar-refractivity contribution in [1.82, 2.24) is 5.01 Å². The van der Waals surface area contributed by atoms with Crippen LogP contribution in [0.1, 0.15) is 10.4 Å². The summed E-state index contributed by atoms with van der Waals surface area (Å²) in [5, 5.41) is 7.25. The van der Waals surface area contributed by atoms with E-state index in [9.17, 15) is 4.91 Å². The second-order valence-electron chi connectivity index (χ2n) is 3.89. The molecule has 0 radical (unpaired) electrons. The number of hydrogen-bond acceptors (Lipinski definition) is 3. The Labute approximate surface area is 115 Å². The van der Waals surface area contributed by atoms with Crippen LogP contribution in [0.15, 0.2) is 47.1 Å². The van der Waals surface area contributed by atoms with Crippen molar-refractivity contribution in [2.75, 3.05) is 6.54 Å². The molecule has 5 heteroatoms. The van der Waals surface area contributed by atoms with Crippen molar-refractivity contribution in [2.45, 2.75) is 13.0 Å². The Hall–Kier alpha value is -1.39. The van der Waals surface area contributed by atoms with Crippen molar-refractivity contribution in [3.05, 3.63) is 62.1 Å². The number of nitroso groups, excluding NO2 is 1. The van der Waals surface area contributed by atoms with Gasteiger partial charge in [-0.15, -0.1) is 16.2 Å². The fourth-order valence-electron chi connectivity index (χ4n) is 1.67. The quantitative estimate of drug-likeness (QED) is 0.589. The molecule has 0 fully saturated rings. The highest BCUT2D eigenvalue weighted by molar-refractivity contribution is 7.09. The SMILES string of the molecule is O=NN(CCc1cccs1)Cc1ccccc1Cl. The van der Waals surface area contributed by atoms with E-state index in [0.29, 0.717) is 18.1 Å². The second-order valence-corrected chi connectivity index (χ2v) is 5.33. The van der Waals surface area contributed by atoms with E-state index < -0.39 is 0 Å². The molecule has 1 heterocycles. The molecule has 0 saturated carbocycles. The highest BCUT2D eigenvalue weighted by Crippen LogP contribution is 2.18. The maximum atomic E-state index is 10.8. The second kappa shape index (κ2) is 6.52. The van der Waals surface area contributed by atoms with Gasteiger partial charge in [0.2, 0.25) is 0 Å². The molecule has 0 spiro atoms. The predicted octanol–water partition coefficient (Wildman–Crippen LogP) is 4.13. The molecule has 18 heavy (non-hydrogen) atoms. The van der Waals surface area contributed by atoms with Crippen molar-refractivity contribution in [3.8, 4) is 0 Å². The van der Waals surface area contributed by atoms with Gasteiger partial charge >= 0.3 is 0 Å². The zero-order valence-electron chi connectivity index (χ0n) is 9.75. The Morgan fingerprint density at radius 3 is 2.72 bits per heavy atom. The number of rotatable bonds is 6. The van der Waals surface area contributed by atoms with Gasteiger partial charge in [-0.25, -0.2) is 0 Å². The summed E-state index contributed by atoms with van der Waals surface area (Å²) < 4.78 is 0. The Morgan fingerprint density at radius 2 is 2.06 bits per heavy atom. The topological polar surface area (TPSA) is 32.7 Å². The highest BCUT2D eigenvalue weighted by Gasteiger charge is 2.07. The maximum absolute atomic E-state index is 10.8. The number of halogens is 1. The standard InChI is InChI=1S/C13H13ClN2OS/c14-13-6-2-1-4-11(13)10-16(15-17)8-7-12-5-3-9-18-12/h1-6,9H,7-8,10H2. The lowest BCUT2D eigenvalue weighted by atomic mass is 10.2. The third kappa shape index (κ3) is 3.55. The number of benzene rings is 1. The predicted molar refractivity (Wildman–Crippen MR) is 75.7 cm³/mol. The molecule has 1 aromatic heterocycles. The molecule has 1 aromatic carbocycles. The van der Waals surface area contributed by atoms with Gasteiger partial charge in [-0.05, 0) is 23.1 Å². The van der Waals surface area contributed by atoms with E-state index in [1.54, 1.807) is 11.3 Å². The van der Waals surface area contributed by atoms with Gasteiger partial charge in [0.1, 0.15) is 0 Å². The lowest BCUT2D eigenvalue weighted by molar-refractivity contribution is 0.279. The van der Waals surface area contributed by atoms with Crippen molar-refractivity contribution in [2.24, 2.45) is 5.29 Å². The molecule has 0 aliphatic heterocycles. The number of nitrogens with zero attached hydrogens (tertiary/aromatic N) is 2. The summed E-state index contributed by atoms with van der Waals surface area (Å²) in [5.41, 5.74) is 0.921. The van der Waals surface area contributed by atoms with Crippen LogP contribution in [0.25, 0.3) is 0 Å². The summed E-state index contributed by atoms with van der Waals surface area (Å²) in [6.45, 7) is 1.06. The van der Waals surface area contributed by atoms with Gasteiger partial charge in [-0.1, -0.05) is 35.9 Å². The van der Waals surface area contributed by atoms with Crippen LogP contribution in [0.4, 0.5) is 0 Å². The van der Waals surface area contributed by atoms with Crippen LogP contribution in [0.5, 0.6) is 0 Å². The Balaban J connectivity index is 1.93. The molecule has 0 atom stereocenters. The molecule has 0 bridgehead atoms. The van der Waals surface area contributed by atoms with E-state index in [2.05, 4.69) is 11.4 Å². The van der Waals surface area contributed by atoms with Gasteiger partial charge in [0.05, 0.1) is 11.8 Å². The molecule has 94 valence electrons. The molecule has 0 N–H and O–H groups in total. The zero-order valence-corrected chi connectivity index (χ0v) is 11.3. The highest BCUT2D eigenvalue weighted by atomic mass is 35.5. The van der Waals surface area contributed by atoms with Gasteiger partial charge in [0.25, 0.3) is 0 Å². The summed E-state index contributed by atoms with van der Waals surface area (Å²) in [6, 6.07) is 11.6. The van der Waals surface area contributed by atoms with Crippen molar-refractivity contribution >= 4 is 22.9 Å². The van der Waals surface area contributed by atoms with Crippen molar-refractivity contribution < 1.29 is 0 Å². The van der Waals surface area contributed by atoms with Gasteiger partial charge < -0.3 is 0 Å². The maximum Gasteiger partial charge on any atom is 0.0657 e. The molecule has 2 rings (SSSR count). The first-order valence-corrected chi connectivity index (χ1v) is 6.89. The molecule has 0 amide bonds. The normalized spacial score (nSPS) is 10.3. The first kappa shape index (κ1) is 13.1. The first-order chi connectivity index (χ1) is 8.79. The molecule has 0 saturated heterocycles. The largest absolute Gasteiger partial charge is 0.256 e. The smallest absolute Gasteiger partial charge is 0.0657 e.